The van der Waals surface area contributed by atoms with Gasteiger partial charge < -0.3 is 15.1 Å². The van der Waals surface area contributed by atoms with Crippen molar-refractivity contribution in [2.75, 3.05) is 43.2 Å². The number of thiol groups is 1. The lowest BCUT2D eigenvalue weighted by molar-refractivity contribution is -0.117. The van der Waals surface area contributed by atoms with E-state index in [9.17, 15) is 9.59 Å². The quantitative estimate of drug-likeness (QED) is 0.810. The summed E-state index contributed by atoms with van der Waals surface area (Å²) in [5, 5.41) is 2.83. The molecule has 1 heterocycles. The molecule has 0 saturated carbocycles. The normalized spacial score (nSPS) is 18.4. The lowest BCUT2D eigenvalue weighted by Crippen LogP contribution is -2.27. The molecule has 1 aliphatic rings. The predicted molar refractivity (Wildman–Crippen MR) is 87.9 cm³/mol. The summed E-state index contributed by atoms with van der Waals surface area (Å²) >= 11 is 4.26. The Bertz CT molecular complexity index is 516. The number of hydrogen-bond acceptors (Lipinski definition) is 4. The summed E-state index contributed by atoms with van der Waals surface area (Å²) in [6.45, 7) is 1.06. The molecule has 6 heteroatoms. The zero-order valence-corrected chi connectivity index (χ0v) is 13.3. The van der Waals surface area contributed by atoms with Crippen molar-refractivity contribution < 1.29 is 9.59 Å². The highest BCUT2D eigenvalue weighted by atomic mass is 32.1. The molecule has 1 unspecified atom stereocenters. The number of carbonyl (C=O) groups is 2. The lowest BCUT2D eigenvalue weighted by atomic mass is 10.1. The van der Waals surface area contributed by atoms with Crippen LogP contribution in [0.2, 0.25) is 0 Å². The Kier molecular flexibility index (Phi) is 5.25. The van der Waals surface area contributed by atoms with Crippen LogP contribution in [0.5, 0.6) is 0 Å². The maximum atomic E-state index is 11.9. The summed E-state index contributed by atoms with van der Waals surface area (Å²) in [5.41, 5.74) is 1.61. The van der Waals surface area contributed by atoms with E-state index in [1.807, 2.05) is 43.3 Å². The summed E-state index contributed by atoms with van der Waals surface area (Å²) in [6, 6.07) is 7.38. The number of anilines is 2. The van der Waals surface area contributed by atoms with Crippen LogP contribution in [0.25, 0.3) is 0 Å². The van der Waals surface area contributed by atoms with Crippen LogP contribution in [0.1, 0.15) is 6.42 Å². The molecule has 0 radical (unpaired) electrons. The molecular weight excluding hydrogens is 286 g/mol. The van der Waals surface area contributed by atoms with Gasteiger partial charge in [0.05, 0.1) is 6.54 Å². The molecule has 1 aliphatic heterocycles. The summed E-state index contributed by atoms with van der Waals surface area (Å²) in [4.78, 5) is 27.2. The van der Waals surface area contributed by atoms with Gasteiger partial charge in [0.1, 0.15) is 0 Å². The summed E-state index contributed by atoms with van der Waals surface area (Å²) in [5.74, 6) is 1.12. The molecule has 114 valence electrons. The molecule has 1 aromatic rings. The average Bonchev–Trinajstić information content (AvgIpc) is 2.80. The average molecular weight is 307 g/mol. The Labute approximate surface area is 130 Å². The van der Waals surface area contributed by atoms with E-state index in [1.54, 1.807) is 4.90 Å². The molecule has 1 fully saturated rings. The zero-order valence-electron chi connectivity index (χ0n) is 12.4. The highest BCUT2D eigenvalue weighted by Gasteiger charge is 2.29. The van der Waals surface area contributed by atoms with Crippen LogP contribution in [0.15, 0.2) is 24.3 Å². The van der Waals surface area contributed by atoms with Crippen molar-refractivity contribution in [2.24, 2.45) is 5.92 Å². The van der Waals surface area contributed by atoms with E-state index in [0.29, 0.717) is 25.4 Å². The van der Waals surface area contributed by atoms with Crippen LogP contribution in [0, 0.1) is 5.92 Å². The van der Waals surface area contributed by atoms with Crippen LogP contribution in [0.4, 0.5) is 11.4 Å². The molecule has 0 bridgehead atoms. The SMILES string of the molecule is CN(C)CC(=O)Nc1ccc(N2CC(CS)CC2=O)cc1. The van der Waals surface area contributed by atoms with E-state index in [4.69, 9.17) is 0 Å². The molecule has 1 atom stereocenters. The Hall–Kier alpha value is -1.53. The van der Waals surface area contributed by atoms with Gasteiger partial charge in [-0.05, 0) is 50.0 Å². The van der Waals surface area contributed by atoms with E-state index in [1.165, 1.54) is 0 Å². The largest absolute Gasteiger partial charge is 0.325 e. The third-order valence-corrected chi connectivity index (χ3v) is 3.90. The first kappa shape index (κ1) is 15.9. The monoisotopic (exact) mass is 307 g/mol. The van der Waals surface area contributed by atoms with Crippen molar-refractivity contribution in [2.45, 2.75) is 6.42 Å². The lowest BCUT2D eigenvalue weighted by Gasteiger charge is -2.17. The topological polar surface area (TPSA) is 52.7 Å². The minimum Gasteiger partial charge on any atom is -0.325 e. The van der Waals surface area contributed by atoms with Gasteiger partial charge in [-0.1, -0.05) is 0 Å². The van der Waals surface area contributed by atoms with Gasteiger partial charge in [-0.3, -0.25) is 9.59 Å². The zero-order chi connectivity index (χ0) is 15.4. The fraction of sp³-hybridized carbons (Fsp3) is 0.467. The van der Waals surface area contributed by atoms with E-state index in [0.717, 1.165) is 17.1 Å². The second-order valence-electron chi connectivity index (χ2n) is 5.59. The minimum atomic E-state index is -0.0554. The first-order valence-electron chi connectivity index (χ1n) is 6.95. The summed E-state index contributed by atoms with van der Waals surface area (Å²) in [6.07, 6.45) is 0.560. The number of nitrogens with zero attached hydrogens (tertiary/aromatic N) is 2. The van der Waals surface area contributed by atoms with Crippen LogP contribution >= 0.6 is 12.6 Å². The van der Waals surface area contributed by atoms with Crippen LogP contribution in [-0.2, 0) is 9.59 Å². The number of hydrogen-bond donors (Lipinski definition) is 2. The standard InChI is InChI=1S/C15H21N3O2S/c1-17(2)9-14(19)16-12-3-5-13(6-4-12)18-8-11(10-21)7-15(18)20/h3-6,11,21H,7-10H2,1-2H3,(H,16,19). The van der Waals surface area contributed by atoms with Crippen molar-refractivity contribution in [3.63, 3.8) is 0 Å². The van der Waals surface area contributed by atoms with Crippen molar-refractivity contribution >= 4 is 35.8 Å². The number of benzene rings is 1. The number of rotatable bonds is 5. The number of amides is 2. The summed E-state index contributed by atoms with van der Waals surface area (Å²) in [7, 11) is 3.69. The molecule has 21 heavy (non-hydrogen) atoms. The second kappa shape index (κ2) is 6.95. The molecule has 1 saturated heterocycles. The highest BCUT2D eigenvalue weighted by Crippen LogP contribution is 2.26. The van der Waals surface area contributed by atoms with Crippen LogP contribution in [-0.4, -0.2) is 49.7 Å². The number of carbonyl (C=O) groups excluding carboxylic acids is 2. The fourth-order valence-electron chi connectivity index (χ4n) is 2.37. The second-order valence-corrected chi connectivity index (χ2v) is 5.96. The van der Waals surface area contributed by atoms with Crippen molar-refractivity contribution in [1.82, 2.24) is 4.90 Å². The van der Waals surface area contributed by atoms with Gasteiger partial charge in [-0.15, -0.1) is 0 Å². The number of nitrogens with one attached hydrogen (secondary N) is 1. The molecule has 1 N–H and O–H groups in total. The maximum absolute atomic E-state index is 11.9. The molecule has 0 spiro atoms. The Morgan fingerprint density at radius 1 is 1.38 bits per heavy atom. The smallest absolute Gasteiger partial charge is 0.238 e. The third kappa shape index (κ3) is 4.22. The Balaban J connectivity index is 1.99. The molecule has 0 aliphatic carbocycles. The molecule has 0 aromatic heterocycles. The van der Waals surface area contributed by atoms with Crippen LogP contribution in [0.3, 0.4) is 0 Å². The van der Waals surface area contributed by atoms with Crippen LogP contribution < -0.4 is 10.2 Å². The fourth-order valence-corrected chi connectivity index (χ4v) is 2.61. The van der Waals surface area contributed by atoms with Crippen molar-refractivity contribution in [3.05, 3.63) is 24.3 Å². The van der Waals surface area contributed by atoms with Gasteiger partial charge in [0.25, 0.3) is 0 Å². The highest BCUT2D eigenvalue weighted by molar-refractivity contribution is 7.80. The maximum Gasteiger partial charge on any atom is 0.238 e. The molecule has 5 nitrogen and oxygen atoms in total. The van der Waals surface area contributed by atoms with Gasteiger partial charge in [-0.25, -0.2) is 0 Å². The van der Waals surface area contributed by atoms with E-state index >= 15 is 0 Å². The van der Waals surface area contributed by atoms with Crippen molar-refractivity contribution in [1.29, 1.82) is 0 Å². The van der Waals surface area contributed by atoms with E-state index in [-0.39, 0.29) is 11.8 Å². The first-order valence-corrected chi connectivity index (χ1v) is 7.58. The Morgan fingerprint density at radius 3 is 2.57 bits per heavy atom. The third-order valence-electron chi connectivity index (χ3n) is 3.39. The molecule has 1 aromatic carbocycles. The summed E-state index contributed by atoms with van der Waals surface area (Å²) < 4.78 is 0. The predicted octanol–water partition coefficient (Wildman–Crippen LogP) is 1.47. The van der Waals surface area contributed by atoms with Gasteiger partial charge in [0.15, 0.2) is 0 Å². The van der Waals surface area contributed by atoms with Gasteiger partial charge in [-0.2, -0.15) is 12.6 Å². The Morgan fingerprint density at radius 2 is 2.05 bits per heavy atom. The molecule has 2 rings (SSSR count). The molecular formula is C15H21N3O2S. The van der Waals surface area contributed by atoms with Gasteiger partial charge in [0.2, 0.25) is 11.8 Å². The first-order chi connectivity index (χ1) is 9.99. The molecule has 2 amide bonds. The van der Waals surface area contributed by atoms with Gasteiger partial charge >= 0.3 is 0 Å². The van der Waals surface area contributed by atoms with Gasteiger partial charge in [0, 0.05) is 24.3 Å². The minimum absolute atomic E-state index is 0.0554. The van der Waals surface area contributed by atoms with E-state index < -0.39 is 0 Å². The number of likely N-dealkylation sites (N-methyl/N-ethyl adjacent to an activating group) is 1. The van der Waals surface area contributed by atoms with E-state index in [2.05, 4.69) is 17.9 Å². The van der Waals surface area contributed by atoms with Crippen molar-refractivity contribution in [3.8, 4) is 0 Å².